The average Bonchev–Trinajstić information content (AvgIpc) is 3.41. The molecule has 1 aromatic heterocycles. The molecule has 0 radical (unpaired) electrons. The molecule has 0 amide bonds. The van der Waals surface area contributed by atoms with Crippen LogP contribution in [-0.4, -0.2) is 80.8 Å². The van der Waals surface area contributed by atoms with Crippen molar-refractivity contribution in [3.8, 4) is 0 Å². The minimum Gasteiger partial charge on any atom is -0.394 e. The van der Waals surface area contributed by atoms with Gasteiger partial charge in [0.1, 0.15) is 36.6 Å². The second-order valence-corrected chi connectivity index (χ2v) is 9.39. The number of hydrogen-bond acceptors (Lipinski definition) is 9. The molecule has 8 atom stereocenters. The van der Waals surface area contributed by atoms with Gasteiger partial charge in [0.2, 0.25) is 0 Å². The summed E-state index contributed by atoms with van der Waals surface area (Å²) < 4.78 is 40.0. The summed E-state index contributed by atoms with van der Waals surface area (Å²) in [5, 5.41) is 19.5. The van der Waals surface area contributed by atoms with Crippen LogP contribution in [0.3, 0.4) is 0 Å². The third-order valence-electron chi connectivity index (χ3n) is 5.99. The zero-order valence-corrected chi connectivity index (χ0v) is 18.2. The standard InChI is InChI=1S/C19H28N2O8S/c1-18(2)26-11-9(7-22)24-15(13(11)28-18)20-5-6-21(17(20)30)16-14-12(10(8-23)25-16)27-19(3,4)29-14/h5-6,9-16,22-23H,7-8H2,1-4H3/t9-,10-,11-,12-,13-,14-,15-,16-/m1/s1. The molecular weight excluding hydrogens is 416 g/mol. The fourth-order valence-corrected chi connectivity index (χ4v) is 5.18. The van der Waals surface area contributed by atoms with Gasteiger partial charge in [-0.2, -0.15) is 0 Å². The molecule has 4 fully saturated rings. The first-order valence-electron chi connectivity index (χ1n) is 10.2. The first kappa shape index (κ1) is 21.0. The van der Waals surface area contributed by atoms with E-state index in [0.717, 1.165) is 0 Å². The van der Waals surface area contributed by atoms with Crippen LogP contribution in [0.25, 0.3) is 0 Å². The van der Waals surface area contributed by atoms with E-state index >= 15 is 0 Å². The number of aromatic nitrogens is 2. The van der Waals surface area contributed by atoms with Crippen LogP contribution in [0.5, 0.6) is 0 Å². The third-order valence-corrected chi connectivity index (χ3v) is 6.41. The lowest BCUT2D eigenvalue weighted by molar-refractivity contribution is -0.202. The Bertz CT molecular complexity index is 802. The fourth-order valence-electron chi connectivity index (χ4n) is 4.85. The van der Waals surface area contributed by atoms with E-state index in [2.05, 4.69) is 0 Å². The summed E-state index contributed by atoms with van der Waals surface area (Å²) in [6, 6.07) is 0. The molecule has 0 unspecified atom stereocenters. The Morgan fingerprint density at radius 3 is 1.50 bits per heavy atom. The molecule has 5 rings (SSSR count). The first-order chi connectivity index (χ1) is 14.1. The van der Waals surface area contributed by atoms with Crippen LogP contribution in [-0.2, 0) is 28.4 Å². The van der Waals surface area contributed by atoms with Crippen molar-refractivity contribution >= 4 is 12.2 Å². The van der Waals surface area contributed by atoms with E-state index in [-0.39, 0.29) is 13.2 Å². The van der Waals surface area contributed by atoms with Crippen LogP contribution in [0.2, 0.25) is 0 Å². The number of rotatable bonds is 4. The highest BCUT2D eigenvalue weighted by Gasteiger charge is 2.57. The fraction of sp³-hybridized carbons (Fsp3) is 0.842. The number of imidazole rings is 1. The molecule has 4 saturated heterocycles. The third kappa shape index (κ3) is 3.19. The smallest absolute Gasteiger partial charge is 0.184 e. The molecule has 30 heavy (non-hydrogen) atoms. The quantitative estimate of drug-likeness (QED) is 0.654. The Morgan fingerprint density at radius 1 is 0.767 bits per heavy atom. The van der Waals surface area contributed by atoms with Gasteiger partial charge in [0.25, 0.3) is 0 Å². The molecule has 4 aliphatic rings. The van der Waals surface area contributed by atoms with Crippen molar-refractivity contribution in [3.63, 3.8) is 0 Å². The molecule has 0 bridgehead atoms. The largest absolute Gasteiger partial charge is 0.394 e. The minimum atomic E-state index is -0.772. The maximum atomic E-state index is 9.73. The van der Waals surface area contributed by atoms with E-state index in [0.29, 0.717) is 4.77 Å². The van der Waals surface area contributed by atoms with E-state index in [1.807, 2.05) is 27.7 Å². The summed E-state index contributed by atoms with van der Waals surface area (Å²) in [5.74, 6) is -1.54. The van der Waals surface area contributed by atoms with Gasteiger partial charge in [0.05, 0.1) is 13.2 Å². The molecule has 0 saturated carbocycles. The van der Waals surface area contributed by atoms with Crippen molar-refractivity contribution in [1.82, 2.24) is 9.13 Å². The topological polar surface area (TPSA) is 106 Å². The highest BCUT2D eigenvalue weighted by molar-refractivity contribution is 7.71. The Hall–Kier alpha value is -0.890. The highest BCUT2D eigenvalue weighted by atomic mass is 32.1. The van der Waals surface area contributed by atoms with Gasteiger partial charge in [-0.15, -0.1) is 0 Å². The summed E-state index contributed by atoms with van der Waals surface area (Å²) >= 11 is 5.73. The average molecular weight is 445 g/mol. The maximum Gasteiger partial charge on any atom is 0.184 e. The lowest BCUT2D eigenvalue weighted by atomic mass is 10.1. The van der Waals surface area contributed by atoms with Crippen LogP contribution in [0.15, 0.2) is 12.4 Å². The van der Waals surface area contributed by atoms with Gasteiger partial charge < -0.3 is 38.6 Å². The van der Waals surface area contributed by atoms with Crippen molar-refractivity contribution < 1.29 is 38.6 Å². The number of ether oxygens (including phenoxy) is 6. The van der Waals surface area contributed by atoms with Gasteiger partial charge >= 0.3 is 0 Å². The number of aliphatic hydroxyl groups is 2. The van der Waals surface area contributed by atoms with Crippen molar-refractivity contribution in [2.45, 2.75) is 88.3 Å². The number of fused-ring (bicyclic) bond motifs is 2. The second kappa shape index (κ2) is 7.06. The van der Waals surface area contributed by atoms with Crippen molar-refractivity contribution in [1.29, 1.82) is 0 Å². The molecule has 10 nitrogen and oxygen atoms in total. The van der Waals surface area contributed by atoms with E-state index in [1.54, 1.807) is 21.5 Å². The molecule has 0 aromatic carbocycles. The zero-order chi connectivity index (χ0) is 21.4. The maximum absolute atomic E-state index is 9.73. The molecule has 4 aliphatic heterocycles. The molecule has 2 N–H and O–H groups in total. The molecule has 11 heteroatoms. The normalized spacial score (nSPS) is 43.8. The molecule has 168 valence electrons. The minimum absolute atomic E-state index is 0.181. The number of aliphatic hydroxyl groups excluding tert-OH is 2. The summed E-state index contributed by atoms with van der Waals surface area (Å²) in [5.41, 5.74) is 0. The van der Waals surface area contributed by atoms with E-state index < -0.39 is 60.7 Å². The summed E-state index contributed by atoms with van der Waals surface area (Å²) in [6.45, 7) is 6.98. The second-order valence-electron chi connectivity index (χ2n) is 9.02. The highest BCUT2D eigenvalue weighted by Crippen LogP contribution is 2.45. The van der Waals surface area contributed by atoms with Crippen molar-refractivity contribution in [2.75, 3.05) is 13.2 Å². The molecule has 0 aliphatic carbocycles. The van der Waals surface area contributed by atoms with Gasteiger partial charge in [-0.1, -0.05) is 0 Å². The van der Waals surface area contributed by atoms with Gasteiger partial charge in [-0.3, -0.25) is 9.13 Å². The van der Waals surface area contributed by atoms with E-state index in [1.165, 1.54) is 0 Å². The van der Waals surface area contributed by atoms with Gasteiger partial charge in [-0.25, -0.2) is 0 Å². The lowest BCUT2D eigenvalue weighted by Gasteiger charge is -2.25. The predicted molar refractivity (Wildman–Crippen MR) is 103 cm³/mol. The first-order valence-corrected chi connectivity index (χ1v) is 10.6. The van der Waals surface area contributed by atoms with Gasteiger partial charge in [-0.05, 0) is 39.9 Å². The SMILES string of the molecule is CC1(C)O[C@@H]2[C@H](O1)[C@@H](CO)O[C@H]2n1ccn([C@@H]2O[C@H](CO)[C@H]3OC(C)(C)O[C@H]32)c1=S. The monoisotopic (exact) mass is 444 g/mol. The number of nitrogens with zero attached hydrogens (tertiary/aromatic N) is 2. The molecular formula is C19H28N2O8S. The summed E-state index contributed by atoms with van der Waals surface area (Å²) in [4.78, 5) is 0. The van der Waals surface area contributed by atoms with Crippen LogP contribution in [0.1, 0.15) is 40.2 Å². The zero-order valence-electron chi connectivity index (χ0n) is 17.3. The Kier molecular flexibility index (Phi) is 4.94. The summed E-state index contributed by atoms with van der Waals surface area (Å²) in [6.07, 6.45) is -0.128. The van der Waals surface area contributed by atoms with Crippen LogP contribution < -0.4 is 0 Å². The van der Waals surface area contributed by atoms with E-state index in [4.69, 9.17) is 40.6 Å². The van der Waals surface area contributed by atoms with Gasteiger partial charge in [0.15, 0.2) is 28.8 Å². The molecule has 1 aromatic rings. The Labute approximate surface area is 179 Å². The van der Waals surface area contributed by atoms with Crippen molar-refractivity contribution in [3.05, 3.63) is 17.2 Å². The van der Waals surface area contributed by atoms with Crippen LogP contribution in [0.4, 0.5) is 0 Å². The Balaban J connectivity index is 1.44. The molecule has 5 heterocycles. The summed E-state index contributed by atoms with van der Waals surface area (Å²) in [7, 11) is 0. The number of hydrogen-bond donors (Lipinski definition) is 2. The lowest BCUT2D eigenvalue weighted by Crippen LogP contribution is -2.31. The Morgan fingerprint density at radius 2 is 1.13 bits per heavy atom. The van der Waals surface area contributed by atoms with Crippen molar-refractivity contribution in [2.24, 2.45) is 0 Å². The van der Waals surface area contributed by atoms with Gasteiger partial charge in [0, 0.05) is 12.4 Å². The van der Waals surface area contributed by atoms with E-state index in [9.17, 15) is 10.2 Å². The van der Waals surface area contributed by atoms with Crippen LogP contribution in [0, 0.1) is 4.77 Å². The van der Waals surface area contributed by atoms with Crippen LogP contribution >= 0.6 is 12.2 Å². The molecule has 0 spiro atoms. The predicted octanol–water partition coefficient (Wildman–Crippen LogP) is 0.839.